The molecule has 1 heterocycles. The van der Waals surface area contributed by atoms with Crippen LogP contribution >= 0.6 is 0 Å². The molecular formula is C10H22N4O2. The van der Waals surface area contributed by atoms with E-state index in [-0.39, 0.29) is 11.9 Å². The molecule has 1 aliphatic rings. The van der Waals surface area contributed by atoms with Crippen molar-refractivity contribution in [2.45, 2.75) is 24.9 Å². The highest BCUT2D eigenvalue weighted by Crippen LogP contribution is 2.13. The minimum atomic E-state index is -0.307. The third-order valence-electron chi connectivity index (χ3n) is 3.15. The highest BCUT2D eigenvalue weighted by Gasteiger charge is 2.28. The van der Waals surface area contributed by atoms with Crippen molar-refractivity contribution in [1.82, 2.24) is 15.6 Å². The second-order valence-corrected chi connectivity index (χ2v) is 4.13. The van der Waals surface area contributed by atoms with E-state index in [2.05, 4.69) is 15.6 Å². The van der Waals surface area contributed by atoms with Crippen molar-refractivity contribution >= 4 is 5.91 Å². The summed E-state index contributed by atoms with van der Waals surface area (Å²) in [6.45, 7) is 2.36. The molecule has 1 atom stereocenters. The molecule has 6 heteroatoms. The van der Waals surface area contributed by atoms with E-state index in [4.69, 9.17) is 10.6 Å². The van der Waals surface area contributed by atoms with Gasteiger partial charge < -0.3 is 10.1 Å². The summed E-state index contributed by atoms with van der Waals surface area (Å²) in [6, 6.07) is 0.108. The number of nitrogens with two attached hydrogens (primary N) is 1. The van der Waals surface area contributed by atoms with Gasteiger partial charge in [0.1, 0.15) is 6.04 Å². The summed E-state index contributed by atoms with van der Waals surface area (Å²) in [5, 5.41) is 3.30. The highest BCUT2D eigenvalue weighted by molar-refractivity contribution is 5.81. The molecule has 0 spiro atoms. The Hall–Kier alpha value is -0.690. The molecule has 0 aromatic rings. The van der Waals surface area contributed by atoms with Crippen molar-refractivity contribution in [3.05, 3.63) is 0 Å². The van der Waals surface area contributed by atoms with Gasteiger partial charge in [0.2, 0.25) is 0 Å². The van der Waals surface area contributed by atoms with Crippen LogP contribution in [0.5, 0.6) is 0 Å². The zero-order valence-electron chi connectivity index (χ0n) is 10.0. The van der Waals surface area contributed by atoms with Crippen molar-refractivity contribution in [3.63, 3.8) is 0 Å². The number of rotatable bonds is 5. The maximum absolute atomic E-state index is 11.6. The van der Waals surface area contributed by atoms with Gasteiger partial charge in [-0.2, -0.15) is 0 Å². The molecule has 0 saturated carbocycles. The molecule has 0 aromatic carbocycles. The molecule has 0 aromatic heterocycles. The van der Waals surface area contributed by atoms with Crippen molar-refractivity contribution in [3.8, 4) is 0 Å². The Morgan fingerprint density at radius 2 is 2.25 bits per heavy atom. The van der Waals surface area contributed by atoms with Crippen LogP contribution < -0.4 is 16.6 Å². The molecule has 0 bridgehead atoms. The van der Waals surface area contributed by atoms with Crippen LogP contribution in [0, 0.1) is 0 Å². The van der Waals surface area contributed by atoms with E-state index >= 15 is 0 Å². The van der Waals surface area contributed by atoms with Gasteiger partial charge in [-0.05, 0) is 33.0 Å². The average Bonchev–Trinajstić information content (AvgIpc) is 2.35. The fraction of sp³-hybridized carbons (Fsp3) is 0.900. The third-order valence-corrected chi connectivity index (χ3v) is 3.15. The van der Waals surface area contributed by atoms with E-state index in [0.29, 0.717) is 12.6 Å². The van der Waals surface area contributed by atoms with Crippen LogP contribution in [0.4, 0.5) is 0 Å². The Kier molecular flexibility index (Phi) is 5.68. The van der Waals surface area contributed by atoms with Crippen LogP contribution in [0.15, 0.2) is 0 Å². The van der Waals surface area contributed by atoms with Gasteiger partial charge in [-0.25, -0.2) is 5.84 Å². The van der Waals surface area contributed by atoms with Crippen LogP contribution in [0.1, 0.15) is 12.8 Å². The maximum atomic E-state index is 11.6. The number of nitrogens with one attached hydrogen (secondary N) is 2. The predicted octanol–water partition coefficient (Wildman–Crippen LogP) is -1.32. The SMILES string of the molecule is COCC(C(=O)NN)N(C)C1CCNCC1. The smallest absolute Gasteiger partial charge is 0.253 e. The van der Waals surface area contributed by atoms with E-state index in [1.807, 2.05) is 7.05 Å². The highest BCUT2D eigenvalue weighted by atomic mass is 16.5. The standard InChI is InChI=1S/C10H22N4O2/c1-14(8-3-5-12-6-4-8)9(7-16-2)10(15)13-11/h8-9,12H,3-7,11H2,1-2H3,(H,13,15). The van der Waals surface area contributed by atoms with Crippen LogP contribution in [-0.4, -0.2) is 56.7 Å². The number of nitrogens with zero attached hydrogens (tertiary/aromatic N) is 1. The molecule has 4 N–H and O–H groups in total. The van der Waals surface area contributed by atoms with Crippen LogP contribution in [0.3, 0.4) is 0 Å². The number of ether oxygens (including phenoxy) is 1. The molecule has 1 amide bonds. The van der Waals surface area contributed by atoms with Gasteiger partial charge in [0.15, 0.2) is 0 Å². The number of amides is 1. The molecule has 6 nitrogen and oxygen atoms in total. The number of piperidine rings is 1. The van der Waals surface area contributed by atoms with Crippen LogP contribution in [0.2, 0.25) is 0 Å². The Labute approximate surface area is 96.5 Å². The molecule has 0 radical (unpaired) electrons. The van der Waals surface area contributed by atoms with Crippen molar-refractivity contribution < 1.29 is 9.53 Å². The lowest BCUT2D eigenvalue weighted by Gasteiger charge is -2.36. The summed E-state index contributed by atoms with van der Waals surface area (Å²) in [4.78, 5) is 13.7. The molecule has 1 saturated heterocycles. The van der Waals surface area contributed by atoms with Gasteiger partial charge in [0.05, 0.1) is 6.61 Å². The van der Waals surface area contributed by atoms with Crippen molar-refractivity contribution in [1.29, 1.82) is 0 Å². The topological polar surface area (TPSA) is 79.6 Å². The first-order valence-electron chi connectivity index (χ1n) is 5.62. The summed E-state index contributed by atoms with van der Waals surface area (Å²) in [7, 11) is 3.54. The lowest BCUT2D eigenvalue weighted by molar-refractivity contribution is -0.129. The normalized spacial score (nSPS) is 19.8. The summed E-state index contributed by atoms with van der Waals surface area (Å²) < 4.78 is 5.07. The predicted molar refractivity (Wildman–Crippen MR) is 61.6 cm³/mol. The minimum Gasteiger partial charge on any atom is -0.383 e. The molecule has 16 heavy (non-hydrogen) atoms. The van der Waals surface area contributed by atoms with Crippen LogP contribution in [0.25, 0.3) is 0 Å². The lowest BCUT2D eigenvalue weighted by Crippen LogP contribution is -2.55. The number of hydrazine groups is 1. The number of carbonyl (C=O) groups is 1. The Bertz CT molecular complexity index is 219. The molecular weight excluding hydrogens is 208 g/mol. The van der Waals surface area contributed by atoms with Crippen molar-refractivity contribution in [2.24, 2.45) is 5.84 Å². The van der Waals surface area contributed by atoms with Gasteiger partial charge in [0, 0.05) is 13.2 Å². The quantitative estimate of drug-likeness (QED) is 0.310. The zero-order valence-corrected chi connectivity index (χ0v) is 10.0. The van der Waals surface area contributed by atoms with Gasteiger partial charge in [-0.1, -0.05) is 0 Å². The average molecular weight is 230 g/mol. The second-order valence-electron chi connectivity index (χ2n) is 4.13. The van der Waals surface area contributed by atoms with E-state index in [1.54, 1.807) is 7.11 Å². The molecule has 1 aliphatic heterocycles. The zero-order chi connectivity index (χ0) is 12.0. The maximum Gasteiger partial charge on any atom is 0.253 e. The van der Waals surface area contributed by atoms with Crippen molar-refractivity contribution in [2.75, 3.05) is 33.9 Å². The molecule has 1 rings (SSSR count). The first-order chi connectivity index (χ1) is 7.70. The van der Waals surface area contributed by atoms with E-state index in [9.17, 15) is 4.79 Å². The fourth-order valence-corrected chi connectivity index (χ4v) is 2.10. The van der Waals surface area contributed by atoms with E-state index in [1.165, 1.54) is 0 Å². The van der Waals surface area contributed by atoms with E-state index < -0.39 is 0 Å². The third kappa shape index (κ3) is 3.41. The Balaban J connectivity index is 2.57. The Morgan fingerprint density at radius 3 is 2.75 bits per heavy atom. The number of likely N-dealkylation sites (N-methyl/N-ethyl adjacent to an activating group) is 1. The number of hydrogen-bond donors (Lipinski definition) is 3. The molecule has 0 aliphatic carbocycles. The monoisotopic (exact) mass is 230 g/mol. The summed E-state index contributed by atoms with van der Waals surface area (Å²) >= 11 is 0. The van der Waals surface area contributed by atoms with E-state index in [0.717, 1.165) is 25.9 Å². The molecule has 1 fully saturated rings. The largest absolute Gasteiger partial charge is 0.383 e. The first kappa shape index (κ1) is 13.4. The van der Waals surface area contributed by atoms with Crippen LogP contribution in [-0.2, 0) is 9.53 Å². The first-order valence-corrected chi connectivity index (χ1v) is 5.62. The van der Waals surface area contributed by atoms with Gasteiger partial charge in [0.25, 0.3) is 5.91 Å². The lowest BCUT2D eigenvalue weighted by atomic mass is 10.0. The molecule has 1 unspecified atom stereocenters. The summed E-state index contributed by atoms with van der Waals surface area (Å²) in [6.07, 6.45) is 2.10. The summed E-state index contributed by atoms with van der Waals surface area (Å²) in [5.74, 6) is 4.98. The number of hydrogen-bond acceptors (Lipinski definition) is 5. The second kappa shape index (κ2) is 6.80. The number of methoxy groups -OCH3 is 1. The Morgan fingerprint density at radius 1 is 1.62 bits per heavy atom. The molecule has 94 valence electrons. The fourth-order valence-electron chi connectivity index (χ4n) is 2.10. The minimum absolute atomic E-state index is 0.192. The summed E-state index contributed by atoms with van der Waals surface area (Å²) in [5.41, 5.74) is 2.19. The van der Waals surface area contributed by atoms with Gasteiger partial charge in [-0.15, -0.1) is 0 Å². The number of carbonyl (C=O) groups excluding carboxylic acids is 1. The van der Waals surface area contributed by atoms with Gasteiger partial charge >= 0.3 is 0 Å². The van der Waals surface area contributed by atoms with Gasteiger partial charge in [-0.3, -0.25) is 15.1 Å².